The van der Waals surface area contributed by atoms with E-state index in [1.807, 2.05) is 46.3 Å². The molecule has 0 atom stereocenters. The molecule has 0 saturated heterocycles. The number of amides is 1. The van der Waals surface area contributed by atoms with Crippen LogP contribution in [0.2, 0.25) is 5.02 Å². The Balaban J connectivity index is 1.69. The lowest BCUT2D eigenvalue weighted by Gasteiger charge is -2.11. The molecule has 0 bridgehead atoms. The van der Waals surface area contributed by atoms with Gasteiger partial charge in [0.1, 0.15) is 0 Å². The topological polar surface area (TPSA) is 69.0 Å². The number of ether oxygens (including phenoxy) is 1. The van der Waals surface area contributed by atoms with Gasteiger partial charge in [0.15, 0.2) is 11.0 Å². The number of rotatable bonds is 10. The summed E-state index contributed by atoms with van der Waals surface area (Å²) < 4.78 is 7.16. The second-order valence-corrected chi connectivity index (χ2v) is 8.31. The Morgan fingerprint density at radius 3 is 2.89 bits per heavy atom. The molecule has 3 rings (SSSR count). The van der Waals surface area contributed by atoms with Crippen LogP contribution in [0.1, 0.15) is 11.3 Å². The number of methoxy groups -OCH3 is 1. The molecule has 0 fully saturated rings. The highest BCUT2D eigenvalue weighted by Crippen LogP contribution is 2.29. The van der Waals surface area contributed by atoms with Crippen molar-refractivity contribution in [2.24, 2.45) is 0 Å². The molecule has 28 heavy (non-hydrogen) atoms. The summed E-state index contributed by atoms with van der Waals surface area (Å²) in [7, 11) is 1.68. The monoisotopic (exact) mass is 436 g/mol. The molecular weight excluding hydrogens is 416 g/mol. The van der Waals surface area contributed by atoms with Gasteiger partial charge < -0.3 is 14.6 Å². The lowest BCUT2D eigenvalue weighted by atomic mass is 10.2. The summed E-state index contributed by atoms with van der Waals surface area (Å²) in [4.78, 5) is 13.3. The number of thioether (sulfide) groups is 1. The summed E-state index contributed by atoms with van der Waals surface area (Å²) in [5, 5.41) is 14.9. The predicted molar refractivity (Wildman–Crippen MR) is 114 cm³/mol. The van der Waals surface area contributed by atoms with Gasteiger partial charge in [0.05, 0.1) is 17.3 Å². The molecular formula is C19H21ClN4O2S2. The zero-order valence-electron chi connectivity index (χ0n) is 15.4. The van der Waals surface area contributed by atoms with Crippen molar-refractivity contribution in [3.05, 3.63) is 51.7 Å². The number of carbonyl (C=O) groups excluding carboxylic acids is 1. The van der Waals surface area contributed by atoms with E-state index in [2.05, 4.69) is 15.5 Å². The van der Waals surface area contributed by atoms with Gasteiger partial charge in [-0.2, -0.15) is 0 Å². The number of carbonyl (C=O) groups is 1. The van der Waals surface area contributed by atoms with Gasteiger partial charge in [-0.15, -0.1) is 21.5 Å². The SMILES string of the molecule is COCCCn1c(SCC(=O)NCc2cccs2)nnc1-c1ccccc1Cl. The molecule has 1 amide bonds. The highest BCUT2D eigenvalue weighted by molar-refractivity contribution is 7.99. The lowest BCUT2D eigenvalue weighted by molar-refractivity contribution is -0.118. The maximum atomic E-state index is 12.2. The van der Waals surface area contributed by atoms with E-state index >= 15 is 0 Å². The molecule has 0 aliphatic heterocycles. The molecule has 148 valence electrons. The standard InChI is InChI=1S/C19H21ClN4O2S2/c1-26-10-5-9-24-18(15-7-2-3-8-16(15)20)22-23-19(24)28-13-17(25)21-12-14-6-4-11-27-14/h2-4,6-8,11H,5,9-10,12-13H2,1H3,(H,21,25). The Kier molecular flexibility index (Phi) is 7.90. The van der Waals surface area contributed by atoms with Gasteiger partial charge in [-0.3, -0.25) is 4.79 Å². The maximum Gasteiger partial charge on any atom is 0.230 e. The van der Waals surface area contributed by atoms with Gasteiger partial charge in [0.2, 0.25) is 5.91 Å². The second kappa shape index (κ2) is 10.6. The molecule has 6 nitrogen and oxygen atoms in total. The van der Waals surface area contributed by atoms with Crippen LogP contribution in [0, 0.1) is 0 Å². The van der Waals surface area contributed by atoms with Gasteiger partial charge in [-0.1, -0.05) is 41.6 Å². The van der Waals surface area contributed by atoms with Crippen LogP contribution in [0.5, 0.6) is 0 Å². The summed E-state index contributed by atoms with van der Waals surface area (Å²) in [6.45, 7) is 1.86. The summed E-state index contributed by atoms with van der Waals surface area (Å²) >= 11 is 9.33. The average Bonchev–Trinajstić information content (AvgIpc) is 3.35. The third-order valence-corrected chi connectivity index (χ3v) is 6.11. The number of hydrogen-bond acceptors (Lipinski definition) is 6. The van der Waals surface area contributed by atoms with E-state index in [1.165, 1.54) is 11.8 Å². The number of halogens is 1. The minimum Gasteiger partial charge on any atom is -0.385 e. The van der Waals surface area contributed by atoms with Crippen LogP contribution >= 0.6 is 34.7 Å². The Morgan fingerprint density at radius 1 is 1.29 bits per heavy atom. The molecule has 9 heteroatoms. The molecule has 0 saturated carbocycles. The quantitative estimate of drug-likeness (QED) is 0.382. The van der Waals surface area contributed by atoms with Crippen LogP contribution in [0.3, 0.4) is 0 Å². The van der Waals surface area contributed by atoms with E-state index in [1.54, 1.807) is 18.4 Å². The van der Waals surface area contributed by atoms with Gasteiger partial charge >= 0.3 is 0 Å². The first-order chi connectivity index (χ1) is 13.7. The van der Waals surface area contributed by atoms with E-state index in [-0.39, 0.29) is 11.7 Å². The second-order valence-electron chi connectivity index (χ2n) is 5.93. The van der Waals surface area contributed by atoms with Crippen molar-refractivity contribution in [2.45, 2.75) is 24.7 Å². The zero-order chi connectivity index (χ0) is 19.8. The van der Waals surface area contributed by atoms with E-state index in [4.69, 9.17) is 16.3 Å². The molecule has 0 aliphatic carbocycles. The fourth-order valence-electron chi connectivity index (χ4n) is 2.59. The predicted octanol–water partition coefficient (Wildman–Crippen LogP) is 4.11. The summed E-state index contributed by atoms with van der Waals surface area (Å²) in [6.07, 6.45) is 0.810. The third-order valence-electron chi connectivity index (χ3n) is 3.93. The van der Waals surface area contributed by atoms with Crippen molar-refractivity contribution < 1.29 is 9.53 Å². The van der Waals surface area contributed by atoms with Crippen LogP contribution in [0.15, 0.2) is 46.9 Å². The number of nitrogens with zero attached hydrogens (tertiary/aromatic N) is 3. The minimum absolute atomic E-state index is 0.0378. The van der Waals surface area contributed by atoms with Crippen LogP contribution in [0.4, 0.5) is 0 Å². The highest BCUT2D eigenvalue weighted by Gasteiger charge is 2.17. The van der Waals surface area contributed by atoms with Crippen LogP contribution in [-0.4, -0.2) is 40.1 Å². The number of aromatic nitrogens is 3. The van der Waals surface area contributed by atoms with Gasteiger partial charge in [-0.05, 0) is 30.0 Å². The van der Waals surface area contributed by atoms with Gasteiger partial charge in [-0.25, -0.2) is 0 Å². The summed E-state index contributed by atoms with van der Waals surface area (Å²) in [6, 6.07) is 11.5. The first kappa shape index (κ1) is 20.9. The Hall–Kier alpha value is -1.87. The average molecular weight is 437 g/mol. The van der Waals surface area contributed by atoms with Crippen LogP contribution < -0.4 is 5.32 Å². The molecule has 3 aromatic rings. The Labute approximate surface area is 177 Å². The van der Waals surface area contributed by atoms with Crippen LogP contribution in [-0.2, 0) is 22.6 Å². The maximum absolute atomic E-state index is 12.2. The minimum atomic E-state index is -0.0378. The van der Waals surface area contributed by atoms with E-state index < -0.39 is 0 Å². The third kappa shape index (κ3) is 5.57. The van der Waals surface area contributed by atoms with E-state index in [9.17, 15) is 4.79 Å². The van der Waals surface area contributed by atoms with Crippen molar-refractivity contribution in [1.29, 1.82) is 0 Å². The summed E-state index contributed by atoms with van der Waals surface area (Å²) in [5.41, 5.74) is 0.822. The molecule has 0 aliphatic rings. The first-order valence-corrected chi connectivity index (χ1v) is 11.0. The fraction of sp³-hybridized carbons (Fsp3) is 0.316. The first-order valence-electron chi connectivity index (χ1n) is 8.78. The smallest absolute Gasteiger partial charge is 0.230 e. The van der Waals surface area contributed by atoms with Crippen molar-refractivity contribution in [3.63, 3.8) is 0 Å². The molecule has 0 unspecified atom stereocenters. The summed E-state index contributed by atoms with van der Waals surface area (Å²) in [5.74, 6) is 0.934. The normalized spacial score (nSPS) is 10.9. The lowest BCUT2D eigenvalue weighted by Crippen LogP contribution is -2.24. The van der Waals surface area contributed by atoms with E-state index in [0.717, 1.165) is 16.9 Å². The molecule has 0 spiro atoms. The van der Waals surface area contributed by atoms with E-state index in [0.29, 0.717) is 35.7 Å². The largest absolute Gasteiger partial charge is 0.385 e. The number of benzene rings is 1. The molecule has 2 aromatic heterocycles. The van der Waals surface area contributed by atoms with Crippen molar-refractivity contribution in [2.75, 3.05) is 19.5 Å². The Morgan fingerprint density at radius 2 is 2.14 bits per heavy atom. The van der Waals surface area contributed by atoms with Crippen molar-refractivity contribution in [1.82, 2.24) is 20.1 Å². The molecule has 1 N–H and O–H groups in total. The Bertz CT molecular complexity index is 899. The van der Waals surface area contributed by atoms with Crippen LogP contribution in [0.25, 0.3) is 11.4 Å². The molecule has 1 aromatic carbocycles. The number of thiophene rings is 1. The molecule has 0 radical (unpaired) electrons. The van der Waals surface area contributed by atoms with Crippen molar-refractivity contribution >= 4 is 40.6 Å². The van der Waals surface area contributed by atoms with Crippen molar-refractivity contribution in [3.8, 4) is 11.4 Å². The van der Waals surface area contributed by atoms with Gasteiger partial charge in [0, 0.05) is 30.7 Å². The number of nitrogens with one attached hydrogen (secondary N) is 1. The van der Waals surface area contributed by atoms with Gasteiger partial charge in [0.25, 0.3) is 0 Å². The highest BCUT2D eigenvalue weighted by atomic mass is 35.5. The molecule has 2 heterocycles. The zero-order valence-corrected chi connectivity index (χ0v) is 17.8. The number of hydrogen-bond donors (Lipinski definition) is 1. The fourth-order valence-corrected chi connectivity index (χ4v) is 4.25.